The molecule has 0 unspecified atom stereocenters. The average Bonchev–Trinajstić information content (AvgIpc) is 2.82. The van der Waals surface area contributed by atoms with Gasteiger partial charge < -0.3 is 14.8 Å². The van der Waals surface area contributed by atoms with Crippen molar-refractivity contribution in [2.75, 3.05) is 46.0 Å². The zero-order valence-electron chi connectivity index (χ0n) is 18.3. The molecule has 2 heterocycles. The number of amides is 1. The Morgan fingerprint density at radius 3 is 2.81 bits per heavy atom. The lowest BCUT2D eigenvalue weighted by molar-refractivity contribution is 0.0374. The molecule has 0 saturated carbocycles. The fourth-order valence-electron chi connectivity index (χ4n) is 3.84. The van der Waals surface area contributed by atoms with Crippen molar-refractivity contribution in [2.45, 2.75) is 13.3 Å². The number of rotatable bonds is 8. The van der Waals surface area contributed by atoms with Gasteiger partial charge in [0.2, 0.25) is 0 Å². The van der Waals surface area contributed by atoms with Gasteiger partial charge in [-0.1, -0.05) is 23.7 Å². The maximum absolute atomic E-state index is 12.7. The van der Waals surface area contributed by atoms with E-state index in [0.29, 0.717) is 29.5 Å². The van der Waals surface area contributed by atoms with E-state index in [2.05, 4.69) is 10.2 Å². The molecular formula is C25H28ClN3O3. The summed E-state index contributed by atoms with van der Waals surface area (Å²) < 4.78 is 11.3. The lowest BCUT2D eigenvalue weighted by atomic mass is 10.1. The number of morpholine rings is 1. The van der Waals surface area contributed by atoms with Gasteiger partial charge in [0.15, 0.2) is 0 Å². The van der Waals surface area contributed by atoms with Crippen molar-refractivity contribution in [3.05, 3.63) is 59.1 Å². The fraction of sp³-hybridized carbons (Fsp3) is 0.360. The molecule has 1 fully saturated rings. The molecule has 0 spiro atoms. The largest absolute Gasteiger partial charge is 0.493 e. The summed E-state index contributed by atoms with van der Waals surface area (Å²) in [5.41, 5.74) is 3.07. The lowest BCUT2D eigenvalue weighted by Gasteiger charge is -2.26. The van der Waals surface area contributed by atoms with E-state index in [0.717, 1.165) is 61.4 Å². The molecule has 3 aromatic rings. The number of benzene rings is 2. The van der Waals surface area contributed by atoms with Gasteiger partial charge in [-0.25, -0.2) is 4.98 Å². The van der Waals surface area contributed by atoms with E-state index in [1.807, 2.05) is 55.5 Å². The Morgan fingerprint density at radius 2 is 2.03 bits per heavy atom. The Labute approximate surface area is 193 Å². The maximum atomic E-state index is 12.7. The van der Waals surface area contributed by atoms with E-state index >= 15 is 0 Å². The van der Waals surface area contributed by atoms with Crippen LogP contribution >= 0.6 is 11.6 Å². The Kier molecular flexibility index (Phi) is 7.58. The molecule has 7 heteroatoms. The van der Waals surface area contributed by atoms with Crippen molar-refractivity contribution >= 4 is 28.4 Å². The number of nitrogens with one attached hydrogen (secondary N) is 1. The summed E-state index contributed by atoms with van der Waals surface area (Å²) in [4.78, 5) is 19.8. The van der Waals surface area contributed by atoms with Crippen molar-refractivity contribution in [2.24, 2.45) is 0 Å². The molecule has 1 aliphatic rings. The summed E-state index contributed by atoms with van der Waals surface area (Å²) >= 11 is 6.15. The summed E-state index contributed by atoms with van der Waals surface area (Å²) in [5.74, 6) is 0.615. The third kappa shape index (κ3) is 5.57. The Bertz CT molecular complexity index is 1080. The van der Waals surface area contributed by atoms with Crippen molar-refractivity contribution in [3.8, 4) is 17.0 Å². The van der Waals surface area contributed by atoms with Crippen LogP contribution in [0.5, 0.6) is 5.75 Å². The van der Waals surface area contributed by atoms with Crippen LogP contribution in [0.1, 0.15) is 23.7 Å². The zero-order valence-corrected chi connectivity index (χ0v) is 19.0. The molecule has 0 radical (unpaired) electrons. The zero-order chi connectivity index (χ0) is 22.3. The monoisotopic (exact) mass is 453 g/mol. The molecule has 2 aromatic carbocycles. The first-order valence-electron chi connectivity index (χ1n) is 11.1. The highest BCUT2D eigenvalue weighted by atomic mass is 35.5. The van der Waals surface area contributed by atoms with Crippen molar-refractivity contribution in [3.63, 3.8) is 0 Å². The molecule has 0 aliphatic carbocycles. The number of hydrogen-bond donors (Lipinski definition) is 1. The predicted octanol–water partition coefficient (Wildman–Crippen LogP) is 4.41. The highest BCUT2D eigenvalue weighted by Gasteiger charge is 2.14. The Balaban J connectivity index is 1.49. The number of nitrogens with zero attached hydrogens (tertiary/aromatic N) is 2. The van der Waals surface area contributed by atoms with Gasteiger partial charge in [-0.05, 0) is 50.2 Å². The number of pyridine rings is 1. The number of aromatic nitrogens is 1. The van der Waals surface area contributed by atoms with Gasteiger partial charge in [-0.15, -0.1) is 0 Å². The van der Waals surface area contributed by atoms with Crippen molar-refractivity contribution in [1.29, 1.82) is 0 Å². The van der Waals surface area contributed by atoms with Crippen LogP contribution in [0.2, 0.25) is 5.02 Å². The molecule has 0 bridgehead atoms. The molecule has 1 N–H and O–H groups in total. The minimum absolute atomic E-state index is 0.0877. The number of carbonyl (C=O) groups is 1. The minimum Gasteiger partial charge on any atom is -0.493 e. The summed E-state index contributed by atoms with van der Waals surface area (Å²) in [7, 11) is 0. The normalized spacial score (nSPS) is 14.4. The van der Waals surface area contributed by atoms with E-state index < -0.39 is 0 Å². The predicted molar refractivity (Wildman–Crippen MR) is 128 cm³/mol. The van der Waals surface area contributed by atoms with Crippen LogP contribution in [0.25, 0.3) is 22.2 Å². The van der Waals surface area contributed by atoms with Gasteiger partial charge in [0.05, 0.1) is 31.0 Å². The number of fused-ring (bicyclic) bond motifs is 1. The van der Waals surface area contributed by atoms with Crippen LogP contribution in [-0.2, 0) is 4.74 Å². The molecule has 1 aromatic heterocycles. The molecule has 0 atom stereocenters. The lowest BCUT2D eigenvalue weighted by Crippen LogP contribution is -2.38. The van der Waals surface area contributed by atoms with Crippen molar-refractivity contribution < 1.29 is 14.3 Å². The van der Waals surface area contributed by atoms with Crippen LogP contribution in [0.15, 0.2) is 48.5 Å². The van der Waals surface area contributed by atoms with Crippen molar-refractivity contribution in [1.82, 2.24) is 15.2 Å². The molecule has 1 aliphatic heterocycles. The molecule has 1 saturated heterocycles. The average molecular weight is 454 g/mol. The first kappa shape index (κ1) is 22.5. The van der Waals surface area contributed by atoms with E-state index in [1.165, 1.54) is 0 Å². The first-order chi connectivity index (χ1) is 15.6. The van der Waals surface area contributed by atoms with Gasteiger partial charge in [0.1, 0.15) is 5.75 Å². The van der Waals surface area contributed by atoms with E-state index in [-0.39, 0.29) is 5.91 Å². The second-order valence-corrected chi connectivity index (χ2v) is 8.18. The molecule has 6 nitrogen and oxygen atoms in total. The number of halogens is 1. The molecule has 168 valence electrons. The van der Waals surface area contributed by atoms with Crippen LogP contribution in [-0.4, -0.2) is 61.8 Å². The van der Waals surface area contributed by atoms with Gasteiger partial charge >= 0.3 is 0 Å². The second kappa shape index (κ2) is 10.8. The topological polar surface area (TPSA) is 63.7 Å². The van der Waals surface area contributed by atoms with Crippen LogP contribution in [0.4, 0.5) is 0 Å². The second-order valence-electron chi connectivity index (χ2n) is 7.74. The summed E-state index contributed by atoms with van der Waals surface area (Å²) in [6.07, 6.45) is 0.911. The first-order valence-corrected chi connectivity index (χ1v) is 11.4. The maximum Gasteiger partial charge on any atom is 0.251 e. The smallest absolute Gasteiger partial charge is 0.251 e. The molecule has 4 rings (SSSR count). The number of carbonyl (C=O) groups excluding carboxylic acids is 1. The van der Waals surface area contributed by atoms with E-state index in [9.17, 15) is 4.79 Å². The van der Waals surface area contributed by atoms with E-state index in [1.54, 1.807) is 0 Å². The molecule has 32 heavy (non-hydrogen) atoms. The third-order valence-corrected chi connectivity index (χ3v) is 5.73. The SMILES string of the molecule is CCOc1cc(-c2cccc(Cl)c2)nc2ccc(C(=O)NCCCN3CCOCC3)cc12. The number of hydrogen-bond acceptors (Lipinski definition) is 5. The molecule has 1 amide bonds. The summed E-state index contributed by atoms with van der Waals surface area (Å²) in [6.45, 7) is 7.57. The third-order valence-electron chi connectivity index (χ3n) is 5.49. The van der Waals surface area contributed by atoms with Gasteiger partial charge in [-0.3, -0.25) is 9.69 Å². The fourth-order valence-corrected chi connectivity index (χ4v) is 4.03. The van der Waals surface area contributed by atoms with Gasteiger partial charge in [-0.2, -0.15) is 0 Å². The highest BCUT2D eigenvalue weighted by molar-refractivity contribution is 6.30. The number of ether oxygens (including phenoxy) is 2. The standard InChI is InChI=1S/C25H28ClN3O3/c1-2-32-24-17-23(18-5-3-6-20(26)15-18)28-22-8-7-19(16-21(22)24)25(30)27-9-4-10-29-11-13-31-14-12-29/h3,5-8,15-17H,2,4,9-14H2,1H3,(H,27,30). The Morgan fingerprint density at radius 1 is 1.19 bits per heavy atom. The van der Waals surface area contributed by atoms with Crippen LogP contribution in [0.3, 0.4) is 0 Å². The Hall–Kier alpha value is -2.67. The summed E-state index contributed by atoms with van der Waals surface area (Å²) in [5, 5.41) is 4.50. The van der Waals surface area contributed by atoms with Crippen LogP contribution in [0, 0.1) is 0 Å². The van der Waals surface area contributed by atoms with Gasteiger partial charge in [0.25, 0.3) is 5.91 Å². The quantitative estimate of drug-likeness (QED) is 0.512. The molecular weight excluding hydrogens is 426 g/mol. The minimum atomic E-state index is -0.0877. The highest BCUT2D eigenvalue weighted by Crippen LogP contribution is 2.31. The summed E-state index contributed by atoms with van der Waals surface area (Å²) in [6, 6.07) is 15.0. The van der Waals surface area contributed by atoms with Crippen LogP contribution < -0.4 is 10.1 Å². The van der Waals surface area contributed by atoms with E-state index in [4.69, 9.17) is 26.1 Å². The van der Waals surface area contributed by atoms with Gasteiger partial charge in [0, 0.05) is 47.2 Å².